The molecular formula is C14H18N4O3S. The fourth-order valence-electron chi connectivity index (χ4n) is 2.41. The summed E-state index contributed by atoms with van der Waals surface area (Å²) in [6.07, 6.45) is -0.933. The summed E-state index contributed by atoms with van der Waals surface area (Å²) in [6.45, 7) is 4.80. The van der Waals surface area contributed by atoms with Crippen LogP contribution in [0.3, 0.4) is 0 Å². The molecule has 1 fully saturated rings. The highest BCUT2D eigenvalue weighted by Gasteiger charge is 2.24. The van der Waals surface area contributed by atoms with E-state index in [0.29, 0.717) is 31.3 Å². The van der Waals surface area contributed by atoms with Gasteiger partial charge >= 0.3 is 0 Å². The topological polar surface area (TPSA) is 82.7 Å². The van der Waals surface area contributed by atoms with E-state index < -0.39 is 6.10 Å². The number of piperazine rings is 1. The molecule has 0 spiro atoms. The van der Waals surface area contributed by atoms with Crippen molar-refractivity contribution in [3.63, 3.8) is 0 Å². The largest absolute Gasteiger partial charge is 0.384 e. The number of amides is 1. The zero-order valence-corrected chi connectivity index (χ0v) is 13.1. The second kappa shape index (κ2) is 6.55. The van der Waals surface area contributed by atoms with E-state index in [-0.39, 0.29) is 5.91 Å². The highest BCUT2D eigenvalue weighted by molar-refractivity contribution is 7.08. The number of carbonyl (C=O) groups is 1. The van der Waals surface area contributed by atoms with Gasteiger partial charge in [-0.1, -0.05) is 5.16 Å². The number of aliphatic hydroxyl groups excluding tert-OH is 1. The second-order valence-electron chi connectivity index (χ2n) is 5.31. The fraction of sp³-hybridized carbons (Fsp3) is 0.500. The van der Waals surface area contributed by atoms with Crippen LogP contribution in [0.5, 0.6) is 0 Å². The van der Waals surface area contributed by atoms with Crippen LogP contribution in [-0.2, 0) is 11.3 Å². The third kappa shape index (κ3) is 3.34. The van der Waals surface area contributed by atoms with Crippen molar-refractivity contribution in [1.29, 1.82) is 0 Å². The smallest absolute Gasteiger partial charge is 0.258 e. The zero-order chi connectivity index (χ0) is 15.5. The molecule has 0 radical (unpaired) electrons. The van der Waals surface area contributed by atoms with Crippen LogP contribution in [0.4, 0.5) is 0 Å². The molecule has 0 saturated carbocycles. The summed E-state index contributed by atoms with van der Waals surface area (Å²) < 4.78 is 5.26. The Balaban J connectivity index is 1.54. The molecule has 1 atom stereocenters. The number of nitrogens with zero attached hydrogens (tertiary/aromatic N) is 4. The summed E-state index contributed by atoms with van der Waals surface area (Å²) in [4.78, 5) is 20.0. The molecule has 22 heavy (non-hydrogen) atoms. The maximum Gasteiger partial charge on any atom is 0.258 e. The van der Waals surface area contributed by atoms with Crippen molar-refractivity contribution >= 4 is 17.2 Å². The molecule has 1 unspecified atom stereocenters. The molecule has 0 bridgehead atoms. The predicted molar refractivity (Wildman–Crippen MR) is 81.1 cm³/mol. The van der Waals surface area contributed by atoms with Gasteiger partial charge in [0.2, 0.25) is 0 Å². The Bertz CT molecular complexity index is 618. The molecule has 3 heterocycles. The van der Waals surface area contributed by atoms with E-state index in [4.69, 9.17) is 4.52 Å². The van der Waals surface area contributed by atoms with Crippen LogP contribution in [0.25, 0.3) is 11.5 Å². The zero-order valence-electron chi connectivity index (χ0n) is 12.3. The number of thiophene rings is 1. The van der Waals surface area contributed by atoms with Gasteiger partial charge < -0.3 is 14.5 Å². The molecule has 2 aromatic heterocycles. The number of hydrogen-bond acceptors (Lipinski definition) is 7. The van der Waals surface area contributed by atoms with Gasteiger partial charge in [0.15, 0.2) is 5.82 Å². The van der Waals surface area contributed by atoms with Gasteiger partial charge in [0.1, 0.15) is 6.10 Å². The van der Waals surface area contributed by atoms with Gasteiger partial charge in [-0.05, 0) is 18.4 Å². The third-order valence-electron chi connectivity index (χ3n) is 3.64. The first kappa shape index (κ1) is 15.1. The number of carbonyl (C=O) groups excluding carboxylic acids is 1. The minimum atomic E-state index is -0.933. The van der Waals surface area contributed by atoms with E-state index in [2.05, 4.69) is 15.0 Å². The van der Waals surface area contributed by atoms with Gasteiger partial charge in [-0.2, -0.15) is 16.3 Å². The summed E-state index contributed by atoms with van der Waals surface area (Å²) >= 11 is 1.59. The Labute approximate surface area is 132 Å². The lowest BCUT2D eigenvalue weighted by Gasteiger charge is -2.34. The maximum absolute atomic E-state index is 11.7. The third-order valence-corrected chi connectivity index (χ3v) is 4.33. The molecule has 118 valence electrons. The molecule has 0 aromatic carbocycles. The van der Waals surface area contributed by atoms with Crippen LogP contribution < -0.4 is 0 Å². The van der Waals surface area contributed by atoms with E-state index >= 15 is 0 Å². The van der Waals surface area contributed by atoms with Crippen molar-refractivity contribution in [2.75, 3.05) is 26.2 Å². The van der Waals surface area contributed by atoms with Crippen molar-refractivity contribution in [2.24, 2.45) is 0 Å². The molecule has 8 heteroatoms. The van der Waals surface area contributed by atoms with Crippen molar-refractivity contribution in [3.8, 4) is 11.5 Å². The Morgan fingerprint density at radius 3 is 2.86 bits per heavy atom. The van der Waals surface area contributed by atoms with Gasteiger partial charge in [-0.25, -0.2) is 0 Å². The van der Waals surface area contributed by atoms with Crippen molar-refractivity contribution in [1.82, 2.24) is 19.9 Å². The lowest BCUT2D eigenvalue weighted by molar-refractivity contribution is -0.141. The van der Waals surface area contributed by atoms with E-state index in [1.807, 2.05) is 16.8 Å². The van der Waals surface area contributed by atoms with Crippen LogP contribution in [0.15, 0.2) is 21.3 Å². The van der Waals surface area contributed by atoms with Gasteiger partial charge in [0.05, 0.1) is 12.1 Å². The van der Waals surface area contributed by atoms with E-state index in [0.717, 1.165) is 18.7 Å². The highest BCUT2D eigenvalue weighted by Crippen LogP contribution is 2.20. The summed E-state index contributed by atoms with van der Waals surface area (Å²) in [5, 5.41) is 17.3. The van der Waals surface area contributed by atoms with Crippen LogP contribution in [0, 0.1) is 0 Å². The molecule has 0 aliphatic carbocycles. The van der Waals surface area contributed by atoms with Crippen molar-refractivity contribution in [3.05, 3.63) is 22.7 Å². The van der Waals surface area contributed by atoms with Crippen LogP contribution in [0.1, 0.15) is 12.7 Å². The van der Waals surface area contributed by atoms with Crippen LogP contribution >= 0.6 is 11.3 Å². The van der Waals surface area contributed by atoms with Crippen molar-refractivity contribution in [2.45, 2.75) is 19.6 Å². The minimum Gasteiger partial charge on any atom is -0.384 e. The Morgan fingerprint density at radius 2 is 2.23 bits per heavy atom. The predicted octanol–water partition coefficient (Wildman–Crippen LogP) is 0.823. The van der Waals surface area contributed by atoms with Gasteiger partial charge in [0, 0.05) is 31.6 Å². The molecule has 1 N–H and O–H groups in total. The molecule has 1 amide bonds. The highest BCUT2D eigenvalue weighted by atomic mass is 32.1. The molecule has 7 nitrogen and oxygen atoms in total. The summed E-state index contributed by atoms with van der Waals surface area (Å²) in [5.41, 5.74) is 0.941. The molecule has 2 aromatic rings. The summed E-state index contributed by atoms with van der Waals surface area (Å²) in [5.74, 6) is 0.981. The average Bonchev–Trinajstić information content (AvgIpc) is 3.18. The molecule has 3 rings (SSSR count). The maximum atomic E-state index is 11.7. The Morgan fingerprint density at radius 1 is 1.45 bits per heavy atom. The van der Waals surface area contributed by atoms with Crippen LogP contribution in [0.2, 0.25) is 0 Å². The van der Waals surface area contributed by atoms with Crippen LogP contribution in [-0.4, -0.2) is 63.2 Å². The first-order valence-electron chi connectivity index (χ1n) is 7.18. The number of hydrogen-bond donors (Lipinski definition) is 1. The standard InChI is InChI=1S/C14H18N4O3S/c1-10(19)14(20)18-5-3-17(4-6-18)8-12-15-13(21-16-12)11-2-7-22-9-11/h2,7,9-10,19H,3-6,8H2,1H3. The summed E-state index contributed by atoms with van der Waals surface area (Å²) in [7, 11) is 0. The molecule has 1 aliphatic rings. The molecular weight excluding hydrogens is 304 g/mol. The normalized spacial score (nSPS) is 17.6. The Hall–Kier alpha value is -1.77. The van der Waals surface area contributed by atoms with Gasteiger partial charge in [-0.3, -0.25) is 9.69 Å². The quantitative estimate of drug-likeness (QED) is 0.897. The molecule has 1 aliphatic heterocycles. The van der Waals surface area contributed by atoms with Gasteiger partial charge in [-0.15, -0.1) is 0 Å². The number of aliphatic hydroxyl groups is 1. The lowest BCUT2D eigenvalue weighted by Crippen LogP contribution is -2.50. The second-order valence-corrected chi connectivity index (χ2v) is 6.09. The lowest BCUT2D eigenvalue weighted by atomic mass is 10.2. The first-order chi connectivity index (χ1) is 10.6. The average molecular weight is 322 g/mol. The number of rotatable bonds is 4. The van der Waals surface area contributed by atoms with E-state index in [1.165, 1.54) is 6.92 Å². The van der Waals surface area contributed by atoms with Gasteiger partial charge in [0.25, 0.3) is 11.8 Å². The fourth-order valence-corrected chi connectivity index (χ4v) is 3.04. The van der Waals surface area contributed by atoms with E-state index in [9.17, 15) is 9.90 Å². The number of aromatic nitrogens is 2. The van der Waals surface area contributed by atoms with Crippen molar-refractivity contribution < 1.29 is 14.4 Å². The minimum absolute atomic E-state index is 0.209. The first-order valence-corrected chi connectivity index (χ1v) is 8.12. The van der Waals surface area contributed by atoms with E-state index in [1.54, 1.807) is 16.2 Å². The monoisotopic (exact) mass is 322 g/mol. The molecule has 1 saturated heterocycles. The Kier molecular flexibility index (Phi) is 4.51. The summed E-state index contributed by atoms with van der Waals surface area (Å²) in [6, 6.07) is 1.95. The SMILES string of the molecule is CC(O)C(=O)N1CCN(Cc2noc(-c3ccsc3)n2)CC1.